The highest BCUT2D eigenvalue weighted by Crippen LogP contribution is 2.29. The minimum absolute atomic E-state index is 0.0115. The van der Waals surface area contributed by atoms with Gasteiger partial charge in [0.1, 0.15) is 17.5 Å². The molecule has 3 aromatic rings. The molecule has 1 unspecified atom stereocenters. The molecular weight excluding hydrogens is 402 g/mol. The number of carbonyl (C=O) groups excluding carboxylic acids is 2. The number of anilines is 2. The van der Waals surface area contributed by atoms with Gasteiger partial charge in [-0.2, -0.15) is 0 Å². The first-order chi connectivity index (χ1) is 15.0. The summed E-state index contributed by atoms with van der Waals surface area (Å²) >= 11 is 0. The Labute approximate surface area is 177 Å². The molecule has 0 saturated carbocycles. The summed E-state index contributed by atoms with van der Waals surface area (Å²) in [7, 11) is 0. The van der Waals surface area contributed by atoms with Gasteiger partial charge in [0.05, 0.1) is 22.6 Å². The molecule has 6 nitrogen and oxygen atoms in total. The number of carbonyl (C=O) groups is 2. The van der Waals surface area contributed by atoms with E-state index < -0.39 is 17.6 Å². The average Bonchev–Trinajstić information content (AvgIpc) is 3.19. The molecule has 31 heavy (non-hydrogen) atoms. The SMILES string of the molecule is O=C(Nc1ccc2c(c1)nc1n2CCCCC1)C1CC(=O)N(c2ccc(F)cc2F)C1. The summed E-state index contributed by atoms with van der Waals surface area (Å²) in [6.07, 6.45) is 4.41. The number of amides is 2. The summed E-state index contributed by atoms with van der Waals surface area (Å²) in [6.45, 7) is 1.01. The predicted molar refractivity (Wildman–Crippen MR) is 113 cm³/mol. The van der Waals surface area contributed by atoms with Crippen molar-refractivity contribution in [1.29, 1.82) is 0 Å². The molecule has 0 spiro atoms. The van der Waals surface area contributed by atoms with Crippen LogP contribution in [-0.2, 0) is 22.6 Å². The van der Waals surface area contributed by atoms with Crippen LogP contribution in [0.5, 0.6) is 0 Å². The number of fused-ring (bicyclic) bond motifs is 3. The second-order valence-corrected chi connectivity index (χ2v) is 8.18. The van der Waals surface area contributed by atoms with Crippen molar-refractivity contribution in [2.75, 3.05) is 16.8 Å². The largest absolute Gasteiger partial charge is 0.328 e. The van der Waals surface area contributed by atoms with Crippen molar-refractivity contribution in [3.8, 4) is 0 Å². The summed E-state index contributed by atoms with van der Waals surface area (Å²) in [6, 6.07) is 8.71. The number of nitrogens with one attached hydrogen (secondary N) is 1. The maximum Gasteiger partial charge on any atom is 0.229 e. The summed E-state index contributed by atoms with van der Waals surface area (Å²) in [5.74, 6) is -1.74. The van der Waals surface area contributed by atoms with Crippen LogP contribution in [0.25, 0.3) is 11.0 Å². The van der Waals surface area contributed by atoms with Gasteiger partial charge in [-0.25, -0.2) is 13.8 Å². The predicted octanol–water partition coefficient (Wildman–Crippen LogP) is 4.03. The van der Waals surface area contributed by atoms with Crippen LogP contribution < -0.4 is 10.2 Å². The van der Waals surface area contributed by atoms with Crippen LogP contribution >= 0.6 is 0 Å². The van der Waals surface area contributed by atoms with Gasteiger partial charge in [-0.15, -0.1) is 0 Å². The Hall–Kier alpha value is -3.29. The van der Waals surface area contributed by atoms with E-state index in [1.165, 1.54) is 17.4 Å². The molecule has 1 fully saturated rings. The molecule has 2 aliphatic heterocycles. The Balaban J connectivity index is 1.32. The number of aromatic nitrogens is 2. The molecule has 1 aromatic heterocycles. The monoisotopic (exact) mass is 424 g/mol. The number of benzene rings is 2. The van der Waals surface area contributed by atoms with Crippen LogP contribution in [0.4, 0.5) is 20.2 Å². The minimum Gasteiger partial charge on any atom is -0.328 e. The van der Waals surface area contributed by atoms with Crippen LogP contribution in [0.3, 0.4) is 0 Å². The molecule has 1 atom stereocenters. The Morgan fingerprint density at radius 2 is 1.97 bits per heavy atom. The van der Waals surface area contributed by atoms with Crippen LogP contribution in [0.1, 0.15) is 31.5 Å². The van der Waals surface area contributed by atoms with E-state index in [1.54, 1.807) is 0 Å². The Morgan fingerprint density at radius 3 is 2.81 bits per heavy atom. The van der Waals surface area contributed by atoms with Crippen LogP contribution in [0.15, 0.2) is 36.4 Å². The molecule has 3 heterocycles. The maximum absolute atomic E-state index is 14.1. The van der Waals surface area contributed by atoms with Gasteiger partial charge in [-0.1, -0.05) is 6.42 Å². The molecular formula is C23H22F2N4O2. The van der Waals surface area contributed by atoms with Crippen molar-refractivity contribution in [2.45, 2.75) is 38.6 Å². The van der Waals surface area contributed by atoms with Crippen molar-refractivity contribution in [3.05, 3.63) is 53.9 Å². The third-order valence-corrected chi connectivity index (χ3v) is 6.07. The summed E-state index contributed by atoms with van der Waals surface area (Å²) < 4.78 is 29.5. The van der Waals surface area contributed by atoms with E-state index in [-0.39, 0.29) is 30.5 Å². The quantitative estimate of drug-likeness (QED) is 0.690. The molecule has 2 aliphatic rings. The Morgan fingerprint density at radius 1 is 1.10 bits per heavy atom. The van der Waals surface area contributed by atoms with Gasteiger partial charge in [0.15, 0.2) is 0 Å². The third-order valence-electron chi connectivity index (χ3n) is 6.07. The zero-order valence-electron chi connectivity index (χ0n) is 16.9. The molecule has 2 aromatic carbocycles. The van der Waals surface area contributed by atoms with Gasteiger partial charge in [0.25, 0.3) is 0 Å². The molecule has 160 valence electrons. The molecule has 1 N–H and O–H groups in total. The van der Waals surface area contributed by atoms with Crippen molar-refractivity contribution >= 4 is 34.2 Å². The second-order valence-electron chi connectivity index (χ2n) is 8.18. The van der Waals surface area contributed by atoms with Crippen molar-refractivity contribution in [3.63, 3.8) is 0 Å². The number of rotatable bonds is 3. The third kappa shape index (κ3) is 3.66. The van der Waals surface area contributed by atoms with E-state index >= 15 is 0 Å². The average molecular weight is 424 g/mol. The molecule has 0 radical (unpaired) electrons. The number of hydrogen-bond acceptors (Lipinski definition) is 3. The smallest absolute Gasteiger partial charge is 0.229 e. The molecule has 0 aliphatic carbocycles. The number of nitrogens with zero attached hydrogens (tertiary/aromatic N) is 3. The maximum atomic E-state index is 14.1. The Bertz CT molecular complexity index is 1190. The highest BCUT2D eigenvalue weighted by atomic mass is 19.1. The van der Waals surface area contributed by atoms with E-state index in [2.05, 4.69) is 9.88 Å². The van der Waals surface area contributed by atoms with E-state index in [0.29, 0.717) is 5.69 Å². The highest BCUT2D eigenvalue weighted by molar-refractivity contribution is 6.04. The van der Waals surface area contributed by atoms with Crippen molar-refractivity contribution < 1.29 is 18.4 Å². The fraction of sp³-hybridized carbons (Fsp3) is 0.348. The van der Waals surface area contributed by atoms with E-state index in [4.69, 9.17) is 4.98 Å². The molecule has 5 rings (SSSR count). The number of aryl methyl sites for hydroxylation is 2. The lowest BCUT2D eigenvalue weighted by Crippen LogP contribution is -2.28. The fourth-order valence-corrected chi connectivity index (χ4v) is 4.49. The van der Waals surface area contributed by atoms with E-state index in [0.717, 1.165) is 54.8 Å². The first kappa shape index (κ1) is 19.7. The summed E-state index contributed by atoms with van der Waals surface area (Å²) in [4.78, 5) is 31.1. The topological polar surface area (TPSA) is 67.2 Å². The van der Waals surface area contributed by atoms with Gasteiger partial charge >= 0.3 is 0 Å². The van der Waals surface area contributed by atoms with E-state index in [9.17, 15) is 18.4 Å². The summed E-state index contributed by atoms with van der Waals surface area (Å²) in [5.41, 5.74) is 2.50. The van der Waals surface area contributed by atoms with Gasteiger partial charge in [0.2, 0.25) is 11.8 Å². The van der Waals surface area contributed by atoms with Crippen molar-refractivity contribution in [2.24, 2.45) is 5.92 Å². The number of halogens is 2. The minimum atomic E-state index is -0.820. The van der Waals surface area contributed by atoms with Crippen LogP contribution in [0, 0.1) is 17.6 Å². The fourth-order valence-electron chi connectivity index (χ4n) is 4.49. The van der Waals surface area contributed by atoms with Gasteiger partial charge in [-0.3, -0.25) is 9.59 Å². The second kappa shape index (κ2) is 7.76. The molecule has 0 bridgehead atoms. The van der Waals surface area contributed by atoms with Gasteiger partial charge in [-0.05, 0) is 43.2 Å². The first-order valence-corrected chi connectivity index (χ1v) is 10.5. The standard InChI is InChI=1S/C23H22F2N4O2/c24-15-5-7-19(17(25)11-15)29-13-14(10-22(29)30)23(31)26-16-6-8-20-18(12-16)27-21-4-2-1-3-9-28(20)21/h5-8,11-12,14H,1-4,9-10,13H2,(H,26,31). The zero-order chi connectivity index (χ0) is 21.5. The summed E-state index contributed by atoms with van der Waals surface area (Å²) in [5, 5.41) is 2.86. The van der Waals surface area contributed by atoms with Crippen molar-refractivity contribution in [1.82, 2.24) is 9.55 Å². The van der Waals surface area contributed by atoms with E-state index in [1.807, 2.05) is 18.2 Å². The van der Waals surface area contributed by atoms with Gasteiger partial charge < -0.3 is 14.8 Å². The molecule has 1 saturated heterocycles. The lowest BCUT2D eigenvalue weighted by molar-refractivity contribution is -0.122. The number of hydrogen-bond donors (Lipinski definition) is 1. The highest BCUT2D eigenvalue weighted by Gasteiger charge is 2.36. The van der Waals surface area contributed by atoms with Crippen LogP contribution in [-0.4, -0.2) is 27.9 Å². The van der Waals surface area contributed by atoms with Gasteiger partial charge in [0, 0.05) is 37.7 Å². The first-order valence-electron chi connectivity index (χ1n) is 10.5. The van der Waals surface area contributed by atoms with Crippen LogP contribution in [0.2, 0.25) is 0 Å². The lowest BCUT2D eigenvalue weighted by Gasteiger charge is -2.17. The molecule has 8 heteroatoms. The Kier molecular flexibility index (Phi) is 4.92. The lowest BCUT2D eigenvalue weighted by atomic mass is 10.1. The normalized spacial score (nSPS) is 18.8. The zero-order valence-corrected chi connectivity index (χ0v) is 16.9. The molecule has 2 amide bonds. The number of imidazole rings is 1.